The van der Waals surface area contributed by atoms with E-state index in [0.717, 1.165) is 48.1 Å². The number of furan rings is 1. The van der Waals surface area contributed by atoms with Gasteiger partial charge in [0.05, 0.1) is 23.5 Å². The number of nitrogens with zero attached hydrogens (tertiary/aromatic N) is 2. The molecule has 4 atom stereocenters. The zero-order chi connectivity index (χ0) is 30.1. The molecule has 1 saturated carbocycles. The van der Waals surface area contributed by atoms with E-state index in [0.29, 0.717) is 41.2 Å². The van der Waals surface area contributed by atoms with E-state index in [4.69, 9.17) is 4.42 Å². The number of aryl methyl sites for hydroxylation is 2. The molecule has 0 saturated heterocycles. The van der Waals surface area contributed by atoms with E-state index in [-0.39, 0.29) is 17.5 Å². The van der Waals surface area contributed by atoms with E-state index in [1.807, 2.05) is 38.1 Å². The highest BCUT2D eigenvalue weighted by Gasteiger charge is 2.56. The van der Waals surface area contributed by atoms with Crippen LogP contribution < -0.4 is 0 Å². The summed E-state index contributed by atoms with van der Waals surface area (Å²) in [6.45, 7) is 8.12. The van der Waals surface area contributed by atoms with Crippen molar-refractivity contribution < 1.29 is 19.4 Å². The Labute approximate surface area is 252 Å². The number of aliphatic hydroxyl groups is 2. The lowest BCUT2D eigenvalue weighted by atomic mass is 9.65. The smallest absolute Gasteiger partial charge is 0.228 e. The molecule has 2 bridgehead atoms. The van der Waals surface area contributed by atoms with Crippen molar-refractivity contribution >= 4 is 17.5 Å². The third kappa shape index (κ3) is 5.86. The summed E-state index contributed by atoms with van der Waals surface area (Å²) < 4.78 is 5.52. The fourth-order valence-corrected chi connectivity index (χ4v) is 8.35. The van der Waals surface area contributed by atoms with Crippen molar-refractivity contribution in [2.24, 2.45) is 5.41 Å². The van der Waals surface area contributed by atoms with Gasteiger partial charge < -0.3 is 14.6 Å². The van der Waals surface area contributed by atoms with E-state index in [1.54, 1.807) is 12.1 Å². The molecule has 220 valence electrons. The Morgan fingerprint density at radius 3 is 2.74 bits per heavy atom. The van der Waals surface area contributed by atoms with Crippen LogP contribution in [0.3, 0.4) is 0 Å². The van der Waals surface area contributed by atoms with Gasteiger partial charge in [-0.3, -0.25) is 4.79 Å². The normalized spacial score (nSPS) is 26.3. The second-order valence-electron chi connectivity index (χ2n) is 12.4. The monoisotopic (exact) mass is 584 g/mol. The lowest BCUT2D eigenvalue weighted by molar-refractivity contribution is -0.0422. The highest BCUT2D eigenvalue weighted by atomic mass is 32.2. The summed E-state index contributed by atoms with van der Waals surface area (Å²) >= 11 is 1.46. The highest BCUT2D eigenvalue weighted by molar-refractivity contribution is 7.99. The molecule has 0 spiro atoms. The summed E-state index contributed by atoms with van der Waals surface area (Å²) in [5.74, 6) is 0.428. The van der Waals surface area contributed by atoms with Gasteiger partial charge in [-0.25, -0.2) is 4.98 Å². The number of allylic oxidation sites excluding steroid dienone is 2. The van der Waals surface area contributed by atoms with Crippen molar-refractivity contribution in [1.29, 1.82) is 5.26 Å². The van der Waals surface area contributed by atoms with Crippen LogP contribution in [0.4, 0.5) is 0 Å². The van der Waals surface area contributed by atoms with Crippen LogP contribution in [-0.2, 0) is 6.42 Å². The van der Waals surface area contributed by atoms with Gasteiger partial charge in [-0.2, -0.15) is 5.26 Å². The minimum Gasteiger partial charge on any atom is -0.461 e. The molecule has 7 heteroatoms. The molecule has 6 rings (SSSR count). The van der Waals surface area contributed by atoms with Crippen molar-refractivity contribution in [3.05, 3.63) is 93.6 Å². The van der Waals surface area contributed by atoms with Crippen LogP contribution in [0.15, 0.2) is 63.8 Å². The van der Waals surface area contributed by atoms with Crippen LogP contribution in [0.25, 0.3) is 0 Å². The number of rotatable bonds is 5. The van der Waals surface area contributed by atoms with Gasteiger partial charge in [0.2, 0.25) is 5.78 Å². The van der Waals surface area contributed by atoms with Gasteiger partial charge >= 0.3 is 0 Å². The molecule has 0 amide bonds. The fraction of sp³-hybridized carbons (Fsp3) is 0.457. The van der Waals surface area contributed by atoms with Crippen LogP contribution in [0, 0.1) is 30.6 Å². The zero-order valence-electron chi connectivity index (χ0n) is 24.9. The molecule has 1 aromatic carbocycles. The number of carbonyl (C=O) groups is 1. The average Bonchev–Trinajstić information content (AvgIpc) is 3.57. The first-order chi connectivity index (χ1) is 20.0. The molecule has 2 heterocycles. The Morgan fingerprint density at radius 1 is 1.19 bits per heavy atom. The molecule has 2 aromatic heterocycles. The van der Waals surface area contributed by atoms with Crippen molar-refractivity contribution in [3.8, 4) is 6.07 Å². The fourth-order valence-electron chi connectivity index (χ4n) is 6.95. The number of thioether (sulfide) groups is 1. The topological polar surface area (TPSA) is 107 Å². The third-order valence-corrected chi connectivity index (χ3v) is 10.7. The Hall–Kier alpha value is -3.18. The minimum absolute atomic E-state index is 0.0738. The molecular formula is C35H40N2O4S. The van der Waals surface area contributed by atoms with Crippen LogP contribution in [0.2, 0.25) is 0 Å². The van der Waals surface area contributed by atoms with Gasteiger partial charge in [0, 0.05) is 22.4 Å². The Bertz CT molecular complexity index is 1540. The third-order valence-electron chi connectivity index (χ3n) is 9.53. The van der Waals surface area contributed by atoms with Gasteiger partial charge in [-0.1, -0.05) is 30.7 Å². The molecule has 0 aliphatic heterocycles. The SMILES string of the molecule is CC1=CCCC2(C)C(CCC2(O)CSc2nc(C)cc(C)c2C#N)c2ccc(cc2C(=O)c2ccco2)CC(O)CC1. The molecule has 2 N–H and O–H groups in total. The van der Waals surface area contributed by atoms with E-state index in [1.165, 1.54) is 23.6 Å². The number of ketones is 1. The maximum atomic E-state index is 13.8. The number of aliphatic hydroxyl groups excluding tert-OH is 1. The largest absolute Gasteiger partial charge is 0.461 e. The first kappa shape index (κ1) is 30.3. The second-order valence-corrected chi connectivity index (χ2v) is 13.4. The summed E-state index contributed by atoms with van der Waals surface area (Å²) in [6, 6.07) is 13.6. The number of pyridine rings is 1. The number of benzene rings is 1. The standard InChI is InChI=1S/C35H40N2O4S/c1-22-7-5-14-34(4)30(13-15-35(34,40)21-42-33-29(20-36)23(2)17-24(3)37-33)27-12-10-25(18-26(38)11-9-22)19-28(27)32(39)31-8-6-16-41-31/h6-8,10,12,16-17,19,26,30,38,40H,5,9,11,13-15,18,21H2,1-4H3. The molecule has 3 aliphatic carbocycles. The summed E-state index contributed by atoms with van der Waals surface area (Å²) in [7, 11) is 0. The number of hydrogen-bond donors (Lipinski definition) is 2. The number of hydrogen-bond acceptors (Lipinski definition) is 7. The zero-order valence-corrected chi connectivity index (χ0v) is 25.8. The van der Waals surface area contributed by atoms with E-state index in [2.05, 4.69) is 31.0 Å². The summed E-state index contributed by atoms with van der Waals surface area (Å²) in [6.07, 6.45) is 7.98. The Morgan fingerprint density at radius 2 is 2.00 bits per heavy atom. The molecule has 4 unspecified atom stereocenters. The predicted octanol–water partition coefficient (Wildman–Crippen LogP) is 7.22. The molecular weight excluding hydrogens is 544 g/mol. The molecule has 0 radical (unpaired) electrons. The van der Waals surface area contributed by atoms with Gasteiger partial charge in [0.1, 0.15) is 11.1 Å². The van der Waals surface area contributed by atoms with Gasteiger partial charge in [-0.15, -0.1) is 11.8 Å². The Kier molecular flexibility index (Phi) is 8.80. The molecule has 3 aromatic rings. The van der Waals surface area contributed by atoms with Crippen molar-refractivity contribution in [3.63, 3.8) is 0 Å². The van der Waals surface area contributed by atoms with Gasteiger partial charge in [-0.05, 0) is 113 Å². The lowest BCUT2D eigenvalue weighted by Gasteiger charge is -2.44. The molecule has 1 fully saturated rings. The van der Waals surface area contributed by atoms with Crippen LogP contribution in [0.1, 0.15) is 102 Å². The second kappa shape index (κ2) is 12.2. The van der Waals surface area contributed by atoms with Crippen LogP contribution in [-0.4, -0.2) is 38.4 Å². The average molecular weight is 585 g/mol. The number of aromatic nitrogens is 1. The predicted molar refractivity (Wildman–Crippen MR) is 165 cm³/mol. The number of fused-ring (bicyclic) bond motifs is 8. The lowest BCUT2D eigenvalue weighted by Crippen LogP contribution is -2.46. The summed E-state index contributed by atoms with van der Waals surface area (Å²) in [5, 5.41) is 33.8. The summed E-state index contributed by atoms with van der Waals surface area (Å²) in [5.41, 5.74) is 4.34. The first-order valence-electron chi connectivity index (χ1n) is 14.8. The maximum Gasteiger partial charge on any atom is 0.228 e. The molecule has 6 nitrogen and oxygen atoms in total. The van der Waals surface area contributed by atoms with E-state index >= 15 is 0 Å². The number of carbonyl (C=O) groups excluding carboxylic acids is 1. The summed E-state index contributed by atoms with van der Waals surface area (Å²) in [4.78, 5) is 18.5. The Balaban J connectivity index is 1.58. The van der Waals surface area contributed by atoms with Crippen molar-refractivity contribution in [2.45, 2.75) is 95.3 Å². The van der Waals surface area contributed by atoms with E-state index in [9.17, 15) is 20.3 Å². The van der Waals surface area contributed by atoms with Crippen LogP contribution >= 0.6 is 11.8 Å². The van der Waals surface area contributed by atoms with Crippen molar-refractivity contribution in [1.82, 2.24) is 4.98 Å². The van der Waals surface area contributed by atoms with Crippen molar-refractivity contribution in [2.75, 3.05) is 5.75 Å². The van der Waals surface area contributed by atoms with E-state index < -0.39 is 17.1 Å². The highest BCUT2D eigenvalue weighted by Crippen LogP contribution is 2.59. The first-order valence-corrected chi connectivity index (χ1v) is 15.8. The minimum atomic E-state index is -1.05. The quantitative estimate of drug-likeness (QED) is 0.185. The maximum absolute atomic E-state index is 13.8. The number of nitriles is 1. The van der Waals surface area contributed by atoms with Crippen LogP contribution in [0.5, 0.6) is 0 Å². The van der Waals surface area contributed by atoms with Gasteiger partial charge in [0.25, 0.3) is 0 Å². The molecule has 42 heavy (non-hydrogen) atoms. The van der Waals surface area contributed by atoms with Gasteiger partial charge in [0.15, 0.2) is 5.76 Å². The molecule has 3 aliphatic rings.